The van der Waals surface area contributed by atoms with Crippen molar-refractivity contribution in [2.75, 3.05) is 24.9 Å². The number of sulfonamides is 1. The van der Waals surface area contributed by atoms with E-state index in [0.717, 1.165) is 6.42 Å². The molecule has 6 rings (SSSR count). The van der Waals surface area contributed by atoms with Gasteiger partial charge >= 0.3 is 0 Å². The highest BCUT2D eigenvalue weighted by Crippen LogP contribution is 2.33. The van der Waals surface area contributed by atoms with Crippen LogP contribution in [0.2, 0.25) is 5.02 Å². The number of ether oxygens (including phenoxy) is 2. The molecular formula is C31H32ClN3O6S. The molecule has 0 saturated carbocycles. The van der Waals surface area contributed by atoms with Gasteiger partial charge in [-0.1, -0.05) is 35.9 Å². The smallest absolute Gasteiger partial charge is 0.261 e. The van der Waals surface area contributed by atoms with E-state index in [4.69, 9.17) is 21.1 Å². The minimum absolute atomic E-state index is 0.0543. The second kappa shape index (κ2) is 11.6. The first-order chi connectivity index (χ1) is 20.2. The van der Waals surface area contributed by atoms with Gasteiger partial charge in [0.15, 0.2) is 0 Å². The number of carbonyl (C=O) groups is 2. The molecule has 1 saturated heterocycles. The van der Waals surface area contributed by atoms with Crippen molar-refractivity contribution in [1.82, 2.24) is 9.80 Å². The molecule has 0 unspecified atom stereocenters. The fourth-order valence-corrected chi connectivity index (χ4v) is 7.13. The molecule has 0 aromatic heterocycles. The largest absolute Gasteiger partial charge is 0.490 e. The van der Waals surface area contributed by atoms with E-state index in [0.29, 0.717) is 36.7 Å². The number of benzene rings is 3. The summed E-state index contributed by atoms with van der Waals surface area (Å²) in [5.41, 5.74) is 2.99. The van der Waals surface area contributed by atoms with Gasteiger partial charge in [-0.15, -0.1) is 0 Å². The van der Waals surface area contributed by atoms with E-state index >= 15 is 0 Å². The Kier molecular flexibility index (Phi) is 7.87. The van der Waals surface area contributed by atoms with Gasteiger partial charge in [0.2, 0.25) is 5.91 Å². The predicted molar refractivity (Wildman–Crippen MR) is 158 cm³/mol. The van der Waals surface area contributed by atoms with E-state index in [2.05, 4.69) is 16.9 Å². The van der Waals surface area contributed by atoms with Crippen LogP contribution >= 0.6 is 11.6 Å². The molecule has 1 N–H and O–H groups in total. The van der Waals surface area contributed by atoms with Crippen molar-refractivity contribution < 1.29 is 27.5 Å². The van der Waals surface area contributed by atoms with Crippen LogP contribution in [0.25, 0.3) is 0 Å². The average molecular weight is 610 g/mol. The molecule has 9 nitrogen and oxygen atoms in total. The Morgan fingerprint density at radius 2 is 1.81 bits per heavy atom. The summed E-state index contributed by atoms with van der Waals surface area (Å²) in [5, 5.41) is 0.428. The Morgan fingerprint density at radius 3 is 2.60 bits per heavy atom. The van der Waals surface area contributed by atoms with Crippen LogP contribution in [0.3, 0.4) is 0 Å². The molecular weight excluding hydrogens is 578 g/mol. The van der Waals surface area contributed by atoms with Crippen LogP contribution in [0.1, 0.15) is 40.7 Å². The number of likely N-dealkylation sites (N-methyl/N-ethyl adjacent to an activating group) is 1. The first-order valence-corrected chi connectivity index (χ1v) is 15.9. The van der Waals surface area contributed by atoms with Crippen molar-refractivity contribution in [2.45, 2.75) is 55.4 Å². The van der Waals surface area contributed by atoms with Crippen LogP contribution in [0.5, 0.6) is 5.75 Å². The summed E-state index contributed by atoms with van der Waals surface area (Å²) in [6, 6.07) is 18.4. The molecule has 3 aromatic carbocycles. The highest BCUT2D eigenvalue weighted by atomic mass is 35.5. The van der Waals surface area contributed by atoms with Crippen LogP contribution < -0.4 is 9.46 Å². The molecule has 0 spiro atoms. The van der Waals surface area contributed by atoms with Gasteiger partial charge < -0.3 is 19.3 Å². The number of nitrogens with one attached hydrogen (secondary N) is 1. The van der Waals surface area contributed by atoms with Crippen molar-refractivity contribution >= 4 is 39.1 Å². The molecule has 1 fully saturated rings. The third-order valence-electron chi connectivity index (χ3n) is 8.27. The summed E-state index contributed by atoms with van der Waals surface area (Å²) in [5.74, 6) is 0.119. The lowest BCUT2D eigenvalue weighted by Gasteiger charge is -2.42. The maximum Gasteiger partial charge on any atom is 0.261 e. The fraction of sp³-hybridized carbons (Fsp3) is 0.355. The third-order valence-corrected chi connectivity index (χ3v) is 9.92. The standard InChI is InChI=1S/C31H32ClN3O6S/c1-34-27-12-9-24(17-30(36)35-15-14-20-4-2-3-5-21(20)18-35)41-29(27)19-40-28-13-8-23(16-26(28)31(34)37)33-42(38,39)25-10-6-22(32)7-11-25/h2-8,10-11,13,16,24,27,29,33H,9,12,14-15,17-19H2,1H3/t24-,27-,29-/m1/s1. The molecule has 3 aromatic rings. The monoisotopic (exact) mass is 609 g/mol. The number of fused-ring (bicyclic) bond motifs is 3. The number of rotatable bonds is 5. The second-order valence-electron chi connectivity index (χ2n) is 11.0. The van der Waals surface area contributed by atoms with Crippen LogP contribution in [0.15, 0.2) is 71.6 Å². The minimum atomic E-state index is -3.89. The molecule has 0 bridgehead atoms. The Labute approximate surface area is 250 Å². The Bertz CT molecular complexity index is 1610. The highest BCUT2D eigenvalue weighted by Gasteiger charge is 2.39. The zero-order valence-corrected chi connectivity index (χ0v) is 24.7. The topological polar surface area (TPSA) is 105 Å². The van der Waals surface area contributed by atoms with E-state index in [1.165, 1.54) is 41.5 Å². The molecule has 3 aliphatic heterocycles. The lowest BCUT2D eigenvalue weighted by Crippen LogP contribution is -2.54. The zero-order chi connectivity index (χ0) is 29.4. The van der Waals surface area contributed by atoms with Crippen molar-refractivity contribution in [3.8, 4) is 5.75 Å². The molecule has 220 valence electrons. The summed E-state index contributed by atoms with van der Waals surface area (Å²) in [6.07, 6.45) is 1.78. The molecule has 0 aliphatic carbocycles. The summed E-state index contributed by atoms with van der Waals surface area (Å²) in [7, 11) is -2.17. The van der Waals surface area contributed by atoms with E-state index in [-0.39, 0.29) is 53.1 Å². The van der Waals surface area contributed by atoms with Crippen LogP contribution in [-0.4, -0.2) is 68.5 Å². The minimum Gasteiger partial charge on any atom is -0.490 e. The summed E-state index contributed by atoms with van der Waals surface area (Å²) in [4.78, 5) is 30.3. The SMILES string of the molecule is CN1C(=O)c2cc(NS(=O)(=O)c3ccc(Cl)cc3)ccc2OC[C@H]2O[C@@H](CC(=O)N3CCc4ccccc4C3)CC[C@H]21. The van der Waals surface area contributed by atoms with E-state index in [1.807, 2.05) is 17.0 Å². The van der Waals surface area contributed by atoms with Gasteiger partial charge in [-0.05, 0) is 72.9 Å². The van der Waals surface area contributed by atoms with E-state index in [9.17, 15) is 18.0 Å². The Morgan fingerprint density at radius 1 is 1.05 bits per heavy atom. The van der Waals surface area contributed by atoms with Gasteiger partial charge in [0.1, 0.15) is 18.5 Å². The number of halogens is 1. The number of nitrogens with zero attached hydrogens (tertiary/aromatic N) is 2. The molecule has 3 heterocycles. The number of carbonyl (C=O) groups excluding carboxylic acids is 2. The van der Waals surface area contributed by atoms with Crippen LogP contribution in [0.4, 0.5) is 5.69 Å². The van der Waals surface area contributed by atoms with Crippen LogP contribution in [-0.2, 0) is 32.5 Å². The Balaban J connectivity index is 1.13. The number of amides is 2. The second-order valence-corrected chi connectivity index (χ2v) is 13.1. The fourth-order valence-electron chi connectivity index (χ4n) is 5.95. The predicted octanol–water partition coefficient (Wildman–Crippen LogP) is 4.50. The van der Waals surface area contributed by atoms with Crippen LogP contribution in [0, 0.1) is 0 Å². The van der Waals surface area contributed by atoms with Gasteiger partial charge in [-0.2, -0.15) is 0 Å². The van der Waals surface area contributed by atoms with Gasteiger partial charge in [-0.3, -0.25) is 14.3 Å². The van der Waals surface area contributed by atoms with Gasteiger partial charge in [0, 0.05) is 30.8 Å². The first kappa shape index (κ1) is 28.5. The summed E-state index contributed by atoms with van der Waals surface area (Å²) < 4.78 is 40.7. The van der Waals surface area contributed by atoms with Crippen molar-refractivity contribution in [2.24, 2.45) is 0 Å². The quantitative estimate of drug-likeness (QED) is 0.457. The van der Waals surface area contributed by atoms with Gasteiger partial charge in [0.25, 0.3) is 15.9 Å². The number of hydrogen-bond acceptors (Lipinski definition) is 6. The maximum absolute atomic E-state index is 13.6. The third kappa shape index (κ3) is 5.84. The molecule has 11 heteroatoms. The molecule has 3 aliphatic rings. The normalized spacial score (nSPS) is 22.1. The van der Waals surface area contributed by atoms with Gasteiger partial charge in [0.05, 0.1) is 29.0 Å². The molecule has 2 amide bonds. The molecule has 3 atom stereocenters. The van der Waals surface area contributed by atoms with Crippen molar-refractivity contribution in [1.29, 1.82) is 0 Å². The van der Waals surface area contributed by atoms with Gasteiger partial charge in [-0.25, -0.2) is 8.42 Å². The highest BCUT2D eigenvalue weighted by molar-refractivity contribution is 7.92. The lowest BCUT2D eigenvalue weighted by molar-refractivity contribution is -0.143. The average Bonchev–Trinajstić information content (AvgIpc) is 2.99. The summed E-state index contributed by atoms with van der Waals surface area (Å²) in [6.45, 7) is 1.51. The molecule has 0 radical (unpaired) electrons. The lowest BCUT2D eigenvalue weighted by atomic mass is 9.94. The Hall–Kier alpha value is -3.60. The van der Waals surface area contributed by atoms with Crippen molar-refractivity contribution in [3.63, 3.8) is 0 Å². The number of hydrogen-bond donors (Lipinski definition) is 1. The number of anilines is 1. The van der Waals surface area contributed by atoms with E-state index in [1.54, 1.807) is 24.1 Å². The maximum atomic E-state index is 13.6. The van der Waals surface area contributed by atoms with E-state index < -0.39 is 16.1 Å². The zero-order valence-electron chi connectivity index (χ0n) is 23.2. The summed E-state index contributed by atoms with van der Waals surface area (Å²) >= 11 is 5.89. The van der Waals surface area contributed by atoms with Crippen molar-refractivity contribution in [3.05, 3.63) is 88.4 Å². The first-order valence-electron chi connectivity index (χ1n) is 14.0. The molecule has 42 heavy (non-hydrogen) atoms.